The summed E-state index contributed by atoms with van der Waals surface area (Å²) in [5.74, 6) is -0.820. The second-order valence-corrected chi connectivity index (χ2v) is 22.1. The van der Waals surface area contributed by atoms with E-state index >= 15 is 0 Å². The van der Waals surface area contributed by atoms with Crippen LogP contribution in [-0.4, -0.2) is 37.1 Å². The fourth-order valence-electron chi connectivity index (χ4n) is 7.60. The van der Waals surface area contributed by atoms with E-state index in [0.29, 0.717) is 30.8 Å². The molecule has 4 aromatic carbocycles. The van der Waals surface area contributed by atoms with Crippen LogP contribution in [0.3, 0.4) is 0 Å². The van der Waals surface area contributed by atoms with E-state index in [2.05, 4.69) is 133 Å². The van der Waals surface area contributed by atoms with Gasteiger partial charge in [0.2, 0.25) is 0 Å². The zero-order valence-corrected chi connectivity index (χ0v) is 43.2. The van der Waals surface area contributed by atoms with Crippen LogP contribution in [0.1, 0.15) is 168 Å². The summed E-state index contributed by atoms with van der Waals surface area (Å²) in [5.41, 5.74) is 7.87. The van der Waals surface area contributed by atoms with E-state index in [1.54, 1.807) is 0 Å². The van der Waals surface area contributed by atoms with Gasteiger partial charge in [-0.15, -0.1) is 0 Å². The topological polar surface area (TPSA) is 105 Å². The predicted octanol–water partition coefficient (Wildman–Crippen LogP) is 14.2. The number of aryl methyl sites for hydroxylation is 2. The molecule has 4 aromatic rings. The average molecular weight is 927 g/mol. The van der Waals surface area contributed by atoms with Crippen LogP contribution in [0.4, 0.5) is 0 Å². The molecule has 0 amide bonds. The molecule has 0 radical (unpaired) electrons. The molecule has 0 spiro atoms. The van der Waals surface area contributed by atoms with Crippen LogP contribution in [0.15, 0.2) is 109 Å². The van der Waals surface area contributed by atoms with Gasteiger partial charge in [-0.25, -0.2) is 9.59 Å². The summed E-state index contributed by atoms with van der Waals surface area (Å²) in [6, 6.07) is 28.8. The third kappa shape index (κ3) is 16.8. The molecule has 4 rings (SSSR count). The maximum atomic E-state index is 13.4. The fraction of sp³-hybridized carbons (Fsp3) is 0.467. The Morgan fingerprint density at radius 2 is 0.897 bits per heavy atom. The number of ether oxygens (including phenoxy) is 4. The zero-order chi connectivity index (χ0) is 50.5. The largest absolute Gasteiger partial charge is 0.462 e. The Bertz CT molecular complexity index is 2380. The highest BCUT2D eigenvalue weighted by Crippen LogP contribution is 2.43. The van der Waals surface area contributed by atoms with Crippen molar-refractivity contribution in [1.82, 2.24) is 0 Å². The summed E-state index contributed by atoms with van der Waals surface area (Å²) in [4.78, 5) is 52.2. The lowest BCUT2D eigenvalue weighted by molar-refractivity contribution is -0.141. The minimum absolute atomic E-state index is 0.00793. The Balaban J connectivity index is 1.18. The molecule has 366 valence electrons. The number of benzene rings is 4. The van der Waals surface area contributed by atoms with Gasteiger partial charge in [-0.3, -0.25) is 9.59 Å². The predicted molar refractivity (Wildman–Crippen MR) is 275 cm³/mol. The number of carbonyl (C=O) groups excluding carboxylic acids is 4. The van der Waals surface area contributed by atoms with Crippen LogP contribution in [0.5, 0.6) is 11.5 Å². The number of hydrogen-bond acceptors (Lipinski definition) is 8. The second-order valence-electron chi connectivity index (χ2n) is 22.1. The van der Waals surface area contributed by atoms with Gasteiger partial charge in [-0.1, -0.05) is 175 Å². The molecule has 0 aliphatic rings. The summed E-state index contributed by atoms with van der Waals surface area (Å²) in [7, 11) is 0. The number of carbonyl (C=O) groups is 4. The van der Waals surface area contributed by atoms with Gasteiger partial charge in [0.1, 0.15) is 11.5 Å². The third-order valence-electron chi connectivity index (χ3n) is 12.0. The minimum Gasteiger partial charge on any atom is -0.462 e. The lowest BCUT2D eigenvalue weighted by atomic mass is 9.78. The van der Waals surface area contributed by atoms with Crippen molar-refractivity contribution in [2.24, 2.45) is 0 Å². The first-order valence-corrected chi connectivity index (χ1v) is 24.3. The standard InChI is InChI=1S/C60H78O8/c1-41(29-33-51(61)67-53-45(32-31-43-25-19-17-20-26-43)37-46(57(3,4)5)39-49(53)59(9,10)11)55(63)65-35-23-15-16-24-36-66-56(64)42(2)30-34-52(62)68-54-48(44-27-21-18-22-28-44)38-47(58(6,7)8)40-50(54)60(12,13)14/h17-22,25-28,37-40H,1-2,15-16,23-24,29-36H2,3-14H3. The van der Waals surface area contributed by atoms with E-state index < -0.39 is 23.9 Å². The molecular weight excluding hydrogens is 849 g/mol. The molecule has 0 heterocycles. The number of unbranched alkanes of at least 4 members (excludes halogenated alkanes) is 3. The van der Waals surface area contributed by atoms with E-state index in [1.807, 2.05) is 48.5 Å². The number of esters is 4. The zero-order valence-electron chi connectivity index (χ0n) is 43.2. The van der Waals surface area contributed by atoms with Crippen molar-refractivity contribution in [2.75, 3.05) is 13.2 Å². The quantitative estimate of drug-likeness (QED) is 0.0352. The molecule has 8 heteroatoms. The van der Waals surface area contributed by atoms with Gasteiger partial charge < -0.3 is 18.9 Å². The van der Waals surface area contributed by atoms with Gasteiger partial charge in [0.15, 0.2) is 0 Å². The van der Waals surface area contributed by atoms with Gasteiger partial charge in [0, 0.05) is 27.8 Å². The highest BCUT2D eigenvalue weighted by molar-refractivity contribution is 5.89. The highest BCUT2D eigenvalue weighted by Gasteiger charge is 2.30. The minimum atomic E-state index is -0.541. The molecule has 0 saturated heterocycles. The summed E-state index contributed by atoms with van der Waals surface area (Å²) in [6.45, 7) is 33.9. The third-order valence-corrected chi connectivity index (χ3v) is 12.0. The molecule has 0 fully saturated rings. The summed E-state index contributed by atoms with van der Waals surface area (Å²) < 4.78 is 23.2. The molecule has 0 aliphatic heterocycles. The molecule has 0 saturated carbocycles. The Labute approximate surface area is 407 Å². The van der Waals surface area contributed by atoms with Gasteiger partial charge in [-0.05, 0) is 107 Å². The van der Waals surface area contributed by atoms with Crippen molar-refractivity contribution in [1.29, 1.82) is 0 Å². The Hall–Kier alpha value is -5.76. The van der Waals surface area contributed by atoms with Crippen LogP contribution in [0, 0.1) is 0 Å². The van der Waals surface area contributed by atoms with Crippen LogP contribution in [-0.2, 0) is 63.2 Å². The fourth-order valence-corrected chi connectivity index (χ4v) is 7.60. The Morgan fingerprint density at radius 1 is 0.471 bits per heavy atom. The Kier molecular flexibility index (Phi) is 19.4. The molecule has 68 heavy (non-hydrogen) atoms. The molecule has 8 nitrogen and oxygen atoms in total. The molecule has 0 bridgehead atoms. The molecule has 0 aliphatic carbocycles. The number of rotatable bonds is 21. The van der Waals surface area contributed by atoms with Crippen molar-refractivity contribution in [3.05, 3.63) is 143 Å². The van der Waals surface area contributed by atoms with Gasteiger partial charge >= 0.3 is 23.9 Å². The molecular formula is C60H78O8. The average Bonchev–Trinajstić information content (AvgIpc) is 3.26. The van der Waals surface area contributed by atoms with Gasteiger partial charge in [0.25, 0.3) is 0 Å². The van der Waals surface area contributed by atoms with E-state index in [-0.39, 0.29) is 71.7 Å². The SMILES string of the molecule is C=C(CCC(=O)Oc1c(CCc2ccccc2)cc(C(C)(C)C)cc1C(C)(C)C)C(=O)OCCCCCCOC(=O)C(=C)CCC(=O)Oc1c(-c2ccccc2)cc(C(C)(C)C)cc1C(C)(C)C. The Morgan fingerprint density at radius 3 is 1.35 bits per heavy atom. The molecule has 0 aromatic heterocycles. The van der Waals surface area contributed by atoms with Crippen LogP contribution < -0.4 is 9.47 Å². The molecule has 0 unspecified atom stereocenters. The van der Waals surface area contributed by atoms with Crippen molar-refractivity contribution in [3.63, 3.8) is 0 Å². The molecule has 0 N–H and O–H groups in total. The van der Waals surface area contributed by atoms with Crippen molar-refractivity contribution < 1.29 is 38.1 Å². The highest BCUT2D eigenvalue weighted by atomic mass is 16.5. The number of hydrogen-bond donors (Lipinski definition) is 0. The van der Waals surface area contributed by atoms with Crippen molar-refractivity contribution in [2.45, 2.75) is 169 Å². The lowest BCUT2D eigenvalue weighted by Crippen LogP contribution is -2.21. The van der Waals surface area contributed by atoms with E-state index in [0.717, 1.165) is 52.6 Å². The van der Waals surface area contributed by atoms with E-state index in [1.165, 1.54) is 11.1 Å². The van der Waals surface area contributed by atoms with Crippen molar-refractivity contribution in [3.8, 4) is 22.6 Å². The lowest BCUT2D eigenvalue weighted by Gasteiger charge is -2.29. The van der Waals surface area contributed by atoms with E-state index in [9.17, 15) is 19.2 Å². The normalized spacial score (nSPS) is 12.0. The monoisotopic (exact) mass is 927 g/mol. The summed E-state index contributed by atoms with van der Waals surface area (Å²) in [6.07, 6.45) is 4.47. The summed E-state index contributed by atoms with van der Waals surface area (Å²) >= 11 is 0. The first kappa shape index (κ1) is 54.8. The second kappa shape index (κ2) is 24.0. The molecule has 0 atom stereocenters. The maximum Gasteiger partial charge on any atom is 0.333 e. The van der Waals surface area contributed by atoms with Crippen molar-refractivity contribution >= 4 is 23.9 Å². The van der Waals surface area contributed by atoms with Crippen LogP contribution in [0.25, 0.3) is 11.1 Å². The summed E-state index contributed by atoms with van der Waals surface area (Å²) in [5, 5.41) is 0. The maximum absolute atomic E-state index is 13.4. The first-order chi connectivity index (χ1) is 31.8. The van der Waals surface area contributed by atoms with Crippen LogP contribution in [0.2, 0.25) is 0 Å². The van der Waals surface area contributed by atoms with E-state index in [4.69, 9.17) is 18.9 Å². The van der Waals surface area contributed by atoms with Crippen LogP contribution >= 0.6 is 0 Å². The first-order valence-electron chi connectivity index (χ1n) is 24.3. The van der Waals surface area contributed by atoms with Gasteiger partial charge in [0.05, 0.1) is 26.1 Å². The van der Waals surface area contributed by atoms with Gasteiger partial charge in [-0.2, -0.15) is 0 Å². The smallest absolute Gasteiger partial charge is 0.333 e.